The minimum absolute atomic E-state index is 0. The minimum Gasteiger partial charge on any atom is -0.330 e. The van der Waals surface area contributed by atoms with Crippen molar-refractivity contribution in [2.45, 2.75) is 30.8 Å². The predicted octanol–water partition coefficient (Wildman–Crippen LogP) is 2.54. The largest absolute Gasteiger partial charge is 0.330 e. The molecule has 1 aliphatic carbocycles. The molecule has 0 fully saturated rings. The van der Waals surface area contributed by atoms with Crippen LogP contribution in [0.25, 0.3) is 11.3 Å². The summed E-state index contributed by atoms with van der Waals surface area (Å²) in [6.45, 7) is 1.61. The fraction of sp³-hybridized carbons (Fsp3) is 0.429. The summed E-state index contributed by atoms with van der Waals surface area (Å²) in [7, 11) is 0. The van der Waals surface area contributed by atoms with Gasteiger partial charge in [0, 0.05) is 30.1 Å². The highest BCUT2D eigenvalue weighted by molar-refractivity contribution is 7.98. The number of fused-ring (bicyclic) bond motifs is 3. The highest BCUT2D eigenvalue weighted by Gasteiger charge is 2.24. The first-order valence-electron chi connectivity index (χ1n) is 6.62. The Labute approximate surface area is 129 Å². The van der Waals surface area contributed by atoms with E-state index in [4.69, 9.17) is 10.8 Å². The Kier molecular flexibility index (Phi) is 5.07. The van der Waals surface area contributed by atoms with E-state index in [1.807, 2.05) is 12.4 Å². The Morgan fingerprint density at radius 3 is 3.00 bits per heavy atom. The molecule has 6 heteroatoms. The molecule has 2 aromatic rings. The zero-order valence-corrected chi connectivity index (χ0v) is 13.1. The molecule has 4 nitrogen and oxygen atoms in total. The summed E-state index contributed by atoms with van der Waals surface area (Å²) >= 11 is 1.79. The maximum atomic E-state index is 5.61. The van der Waals surface area contributed by atoms with E-state index in [0.29, 0.717) is 6.54 Å². The van der Waals surface area contributed by atoms with E-state index in [9.17, 15) is 0 Å². The van der Waals surface area contributed by atoms with E-state index >= 15 is 0 Å². The number of hydrogen-bond acceptors (Lipinski definition) is 4. The van der Waals surface area contributed by atoms with Gasteiger partial charge in [-0.05, 0) is 43.7 Å². The highest BCUT2D eigenvalue weighted by Crippen LogP contribution is 2.37. The zero-order chi connectivity index (χ0) is 13.2. The Morgan fingerprint density at radius 1 is 1.40 bits per heavy atom. The number of pyridine rings is 1. The molecule has 0 aliphatic heterocycles. The summed E-state index contributed by atoms with van der Waals surface area (Å²) in [4.78, 5) is 4.21. The molecule has 0 aromatic carbocycles. The third-order valence-corrected chi connectivity index (χ3v) is 4.41. The van der Waals surface area contributed by atoms with Crippen LogP contribution in [0.15, 0.2) is 23.5 Å². The van der Waals surface area contributed by atoms with Crippen LogP contribution in [-0.4, -0.2) is 27.6 Å². The molecular weight excluding hydrogens is 292 g/mol. The van der Waals surface area contributed by atoms with Crippen molar-refractivity contribution in [2.24, 2.45) is 5.73 Å². The van der Waals surface area contributed by atoms with Crippen LogP contribution in [-0.2, 0) is 19.4 Å². The molecule has 0 spiro atoms. The standard InChI is InChI=1S/C14H18N4S.ClH/c1-19-14-12-4-3-10-9-16-7-5-11(10)13(12)17-18(14)8-2-6-15;/h5,7,9H,2-4,6,8,15H2,1H3;1H. The van der Waals surface area contributed by atoms with Gasteiger partial charge in [-0.15, -0.1) is 24.2 Å². The first-order valence-corrected chi connectivity index (χ1v) is 7.84. The number of hydrogen-bond donors (Lipinski definition) is 1. The molecule has 108 valence electrons. The molecule has 0 saturated carbocycles. The van der Waals surface area contributed by atoms with Crippen molar-refractivity contribution < 1.29 is 0 Å². The summed E-state index contributed by atoms with van der Waals surface area (Å²) in [5, 5.41) is 6.11. The zero-order valence-electron chi connectivity index (χ0n) is 11.5. The van der Waals surface area contributed by atoms with Gasteiger partial charge in [-0.2, -0.15) is 5.10 Å². The molecule has 1 aliphatic rings. The van der Waals surface area contributed by atoms with Gasteiger partial charge in [-0.3, -0.25) is 9.67 Å². The molecule has 0 saturated heterocycles. The summed E-state index contributed by atoms with van der Waals surface area (Å²) in [6.07, 6.45) is 9.04. The summed E-state index contributed by atoms with van der Waals surface area (Å²) in [5.74, 6) is 0. The fourth-order valence-electron chi connectivity index (χ4n) is 2.66. The van der Waals surface area contributed by atoms with Gasteiger partial charge in [0.1, 0.15) is 0 Å². The highest BCUT2D eigenvalue weighted by atomic mass is 35.5. The number of nitrogens with two attached hydrogens (primary N) is 1. The predicted molar refractivity (Wildman–Crippen MR) is 85.6 cm³/mol. The van der Waals surface area contributed by atoms with Gasteiger partial charge in [0.15, 0.2) is 0 Å². The van der Waals surface area contributed by atoms with Crippen LogP contribution in [0.3, 0.4) is 0 Å². The molecule has 0 unspecified atom stereocenters. The smallest absolute Gasteiger partial charge is 0.0975 e. The number of aryl methyl sites for hydroxylation is 2. The minimum atomic E-state index is 0. The second kappa shape index (κ2) is 6.61. The molecule has 0 radical (unpaired) electrons. The summed E-state index contributed by atoms with van der Waals surface area (Å²) in [5.41, 5.74) is 10.7. The maximum absolute atomic E-state index is 5.61. The van der Waals surface area contributed by atoms with E-state index in [1.165, 1.54) is 21.7 Å². The monoisotopic (exact) mass is 310 g/mol. The van der Waals surface area contributed by atoms with Crippen LogP contribution in [0, 0.1) is 0 Å². The van der Waals surface area contributed by atoms with Gasteiger partial charge in [0.25, 0.3) is 0 Å². The maximum Gasteiger partial charge on any atom is 0.0975 e. The fourth-order valence-corrected chi connectivity index (χ4v) is 3.45. The lowest BCUT2D eigenvalue weighted by atomic mass is 9.92. The van der Waals surface area contributed by atoms with Crippen molar-refractivity contribution in [1.82, 2.24) is 14.8 Å². The number of rotatable bonds is 4. The third kappa shape index (κ3) is 2.57. The van der Waals surface area contributed by atoms with Crippen LogP contribution < -0.4 is 5.73 Å². The third-order valence-electron chi connectivity index (χ3n) is 3.57. The average Bonchev–Trinajstić information content (AvgIpc) is 2.82. The van der Waals surface area contributed by atoms with Crippen LogP contribution in [0.1, 0.15) is 17.5 Å². The second-order valence-corrected chi connectivity index (χ2v) is 5.53. The van der Waals surface area contributed by atoms with E-state index in [0.717, 1.165) is 31.5 Å². The lowest BCUT2D eigenvalue weighted by molar-refractivity contribution is 0.544. The molecule has 2 N–H and O–H groups in total. The Bertz CT molecular complexity index is 597. The Balaban J connectivity index is 0.00000147. The van der Waals surface area contributed by atoms with Gasteiger partial charge in [-0.1, -0.05) is 0 Å². The van der Waals surface area contributed by atoms with Gasteiger partial charge < -0.3 is 5.73 Å². The van der Waals surface area contributed by atoms with Crippen molar-refractivity contribution in [3.8, 4) is 11.3 Å². The molecule has 2 heterocycles. The second-order valence-electron chi connectivity index (χ2n) is 4.73. The number of thioether (sulfide) groups is 1. The van der Waals surface area contributed by atoms with E-state index in [2.05, 4.69) is 22.0 Å². The van der Waals surface area contributed by atoms with Gasteiger partial charge in [0.2, 0.25) is 0 Å². The lowest BCUT2D eigenvalue weighted by Gasteiger charge is -2.14. The number of nitrogens with zero attached hydrogens (tertiary/aromatic N) is 3. The van der Waals surface area contributed by atoms with E-state index in [-0.39, 0.29) is 12.4 Å². The van der Waals surface area contributed by atoms with Crippen LogP contribution in [0.4, 0.5) is 0 Å². The molecule has 3 rings (SSSR count). The van der Waals surface area contributed by atoms with Crippen molar-refractivity contribution in [3.05, 3.63) is 29.6 Å². The van der Waals surface area contributed by atoms with Crippen LogP contribution in [0.5, 0.6) is 0 Å². The number of halogens is 1. The van der Waals surface area contributed by atoms with Gasteiger partial charge in [0.05, 0.1) is 10.7 Å². The molecule has 2 aromatic heterocycles. The summed E-state index contributed by atoms with van der Waals surface area (Å²) < 4.78 is 2.12. The first-order chi connectivity index (χ1) is 9.35. The molecule has 0 atom stereocenters. The van der Waals surface area contributed by atoms with Crippen LogP contribution >= 0.6 is 24.2 Å². The van der Waals surface area contributed by atoms with Crippen molar-refractivity contribution >= 4 is 24.2 Å². The van der Waals surface area contributed by atoms with Gasteiger partial charge >= 0.3 is 0 Å². The van der Waals surface area contributed by atoms with E-state index in [1.54, 1.807) is 11.8 Å². The average molecular weight is 311 g/mol. The SMILES string of the molecule is CSc1c2c(nn1CCCN)-c1ccncc1CC2.Cl. The number of aromatic nitrogens is 3. The molecular formula is C14H19ClN4S. The quantitative estimate of drug-likeness (QED) is 0.882. The first kappa shape index (κ1) is 15.4. The topological polar surface area (TPSA) is 56.7 Å². The van der Waals surface area contributed by atoms with Crippen molar-refractivity contribution in [1.29, 1.82) is 0 Å². The lowest BCUT2D eigenvalue weighted by Crippen LogP contribution is -2.08. The van der Waals surface area contributed by atoms with Gasteiger partial charge in [-0.25, -0.2) is 0 Å². The molecule has 0 amide bonds. The molecule has 0 bridgehead atoms. The Morgan fingerprint density at radius 2 is 2.25 bits per heavy atom. The van der Waals surface area contributed by atoms with E-state index < -0.39 is 0 Å². The summed E-state index contributed by atoms with van der Waals surface area (Å²) in [6, 6.07) is 2.08. The molecule has 20 heavy (non-hydrogen) atoms. The van der Waals surface area contributed by atoms with Crippen molar-refractivity contribution in [3.63, 3.8) is 0 Å². The van der Waals surface area contributed by atoms with Crippen molar-refractivity contribution in [2.75, 3.05) is 12.8 Å². The van der Waals surface area contributed by atoms with Crippen LogP contribution in [0.2, 0.25) is 0 Å². The Hall–Kier alpha value is -1.04. The normalized spacial score (nSPS) is 12.5.